The molecule has 1 amide bonds. The molecule has 10 heteroatoms. The van der Waals surface area contributed by atoms with Crippen molar-refractivity contribution in [2.75, 3.05) is 5.73 Å². The topological polar surface area (TPSA) is 121 Å². The van der Waals surface area contributed by atoms with Gasteiger partial charge in [-0.05, 0) is 81.0 Å². The number of anilines is 1. The Bertz CT molecular complexity index is 1790. The molecule has 4 heterocycles. The molecular formula is C31H30ClN7O2. The van der Waals surface area contributed by atoms with E-state index in [-0.39, 0.29) is 23.5 Å². The van der Waals surface area contributed by atoms with E-state index in [1.54, 1.807) is 36.1 Å². The number of pyridine rings is 3. The van der Waals surface area contributed by atoms with Crippen LogP contribution >= 0.6 is 11.6 Å². The number of nitrogens with zero attached hydrogens (tertiary/aromatic N) is 5. The number of para-hydroxylation sites is 2. The predicted octanol–water partition coefficient (Wildman–Crippen LogP) is 5.18. The maximum atomic E-state index is 13.9. The zero-order valence-electron chi connectivity index (χ0n) is 22.6. The molecule has 0 spiro atoms. The smallest absolute Gasteiger partial charge is 0.333 e. The predicted molar refractivity (Wildman–Crippen MR) is 160 cm³/mol. The van der Waals surface area contributed by atoms with Crippen LogP contribution in [0.4, 0.5) is 5.82 Å². The molecule has 0 atom stereocenters. The van der Waals surface area contributed by atoms with Crippen LogP contribution in [-0.2, 0) is 6.54 Å². The molecule has 5 aromatic rings. The summed E-state index contributed by atoms with van der Waals surface area (Å²) in [6.07, 6.45) is 8.44. The van der Waals surface area contributed by atoms with Gasteiger partial charge in [-0.15, -0.1) is 0 Å². The number of halogens is 1. The summed E-state index contributed by atoms with van der Waals surface area (Å²) < 4.78 is 3.49. The van der Waals surface area contributed by atoms with Gasteiger partial charge in [0.15, 0.2) is 0 Å². The molecule has 9 nitrogen and oxygen atoms in total. The van der Waals surface area contributed by atoms with Crippen molar-refractivity contribution in [3.05, 3.63) is 100.0 Å². The summed E-state index contributed by atoms with van der Waals surface area (Å²) in [5, 5.41) is 3.58. The van der Waals surface area contributed by atoms with Gasteiger partial charge in [0.2, 0.25) is 0 Å². The molecule has 1 aliphatic rings. The third-order valence-electron chi connectivity index (χ3n) is 7.86. The van der Waals surface area contributed by atoms with E-state index in [4.69, 9.17) is 17.3 Å². The van der Waals surface area contributed by atoms with Crippen molar-refractivity contribution in [3.8, 4) is 16.9 Å². The molecule has 6 rings (SSSR count). The Labute approximate surface area is 242 Å². The number of aromatic nitrogens is 5. The van der Waals surface area contributed by atoms with Crippen molar-refractivity contribution in [1.82, 2.24) is 29.4 Å². The number of carbonyl (C=O) groups excluding carboxylic acids is 1. The molecule has 0 aliphatic heterocycles. The molecule has 1 fully saturated rings. The van der Waals surface area contributed by atoms with Crippen molar-refractivity contribution in [3.63, 3.8) is 0 Å². The first kappa shape index (κ1) is 26.7. The van der Waals surface area contributed by atoms with E-state index in [1.807, 2.05) is 53.1 Å². The van der Waals surface area contributed by atoms with Gasteiger partial charge in [-0.1, -0.05) is 23.7 Å². The molecule has 0 unspecified atom stereocenters. The number of hydrogen-bond acceptors (Lipinski definition) is 6. The first-order valence-electron chi connectivity index (χ1n) is 13.7. The largest absolute Gasteiger partial charge is 0.382 e. The first-order chi connectivity index (χ1) is 19.9. The minimum Gasteiger partial charge on any atom is -0.382 e. The third kappa shape index (κ3) is 5.32. The van der Waals surface area contributed by atoms with Crippen LogP contribution < -0.4 is 16.7 Å². The number of fused-ring (bicyclic) bond motifs is 1. The summed E-state index contributed by atoms with van der Waals surface area (Å²) in [6, 6.07) is 16.9. The molecule has 41 heavy (non-hydrogen) atoms. The summed E-state index contributed by atoms with van der Waals surface area (Å²) >= 11 is 6.05. The van der Waals surface area contributed by atoms with Gasteiger partial charge in [-0.25, -0.2) is 9.78 Å². The van der Waals surface area contributed by atoms with E-state index < -0.39 is 0 Å². The van der Waals surface area contributed by atoms with Crippen LogP contribution in [0.2, 0.25) is 5.02 Å². The maximum Gasteiger partial charge on any atom is 0.333 e. The van der Waals surface area contributed by atoms with Crippen molar-refractivity contribution in [2.24, 2.45) is 5.92 Å². The monoisotopic (exact) mass is 567 g/mol. The molecule has 0 bridgehead atoms. The lowest BCUT2D eigenvalue weighted by atomic mass is 9.85. The fourth-order valence-corrected chi connectivity index (χ4v) is 5.86. The van der Waals surface area contributed by atoms with E-state index in [1.165, 1.54) is 0 Å². The number of imidazole rings is 1. The summed E-state index contributed by atoms with van der Waals surface area (Å²) in [4.78, 5) is 39.6. The average molecular weight is 568 g/mol. The fourth-order valence-electron chi connectivity index (χ4n) is 5.70. The molecule has 1 aromatic carbocycles. The number of nitrogens with two attached hydrogens (primary N) is 1. The van der Waals surface area contributed by atoms with E-state index in [0.717, 1.165) is 42.3 Å². The Morgan fingerprint density at radius 2 is 1.83 bits per heavy atom. The highest BCUT2D eigenvalue weighted by atomic mass is 35.5. The Balaban J connectivity index is 1.21. The summed E-state index contributed by atoms with van der Waals surface area (Å²) in [5.41, 5.74) is 11.2. The minimum absolute atomic E-state index is 0.0689. The zero-order valence-corrected chi connectivity index (χ0v) is 23.4. The molecule has 0 radical (unpaired) electrons. The molecule has 4 aromatic heterocycles. The van der Waals surface area contributed by atoms with Crippen LogP contribution in [0.3, 0.4) is 0 Å². The molecule has 1 aliphatic carbocycles. The number of carbonyl (C=O) groups is 1. The summed E-state index contributed by atoms with van der Waals surface area (Å²) in [6.45, 7) is 2.39. The van der Waals surface area contributed by atoms with Gasteiger partial charge < -0.3 is 11.1 Å². The number of hydrogen-bond donors (Lipinski definition) is 2. The fraction of sp³-hybridized carbons (Fsp3) is 0.258. The van der Waals surface area contributed by atoms with Crippen molar-refractivity contribution < 1.29 is 4.79 Å². The van der Waals surface area contributed by atoms with Crippen LogP contribution in [0, 0.1) is 12.8 Å². The van der Waals surface area contributed by atoms with Gasteiger partial charge >= 0.3 is 5.69 Å². The Hall–Kier alpha value is -4.50. The lowest BCUT2D eigenvalue weighted by Gasteiger charge is -2.29. The first-order valence-corrected chi connectivity index (χ1v) is 14.1. The second kappa shape index (κ2) is 11.2. The highest BCUT2D eigenvalue weighted by Crippen LogP contribution is 2.29. The van der Waals surface area contributed by atoms with E-state index in [2.05, 4.69) is 20.3 Å². The van der Waals surface area contributed by atoms with E-state index in [9.17, 15) is 9.59 Å². The van der Waals surface area contributed by atoms with Crippen molar-refractivity contribution in [1.29, 1.82) is 0 Å². The highest BCUT2D eigenvalue weighted by Gasteiger charge is 2.26. The molecule has 3 N–H and O–H groups in total. The average Bonchev–Trinajstić information content (AvgIpc) is 3.26. The van der Waals surface area contributed by atoms with Crippen LogP contribution in [-0.4, -0.2) is 36.0 Å². The Morgan fingerprint density at radius 1 is 1.05 bits per heavy atom. The third-order valence-corrected chi connectivity index (χ3v) is 8.06. The van der Waals surface area contributed by atoms with Gasteiger partial charge in [0.1, 0.15) is 5.82 Å². The number of amides is 1. The Morgan fingerprint density at radius 3 is 2.56 bits per heavy atom. The maximum absolute atomic E-state index is 13.9. The van der Waals surface area contributed by atoms with E-state index in [0.29, 0.717) is 40.1 Å². The normalized spacial score (nSPS) is 17.0. The van der Waals surface area contributed by atoms with Crippen LogP contribution in [0.25, 0.3) is 28.0 Å². The second-order valence-corrected chi connectivity index (χ2v) is 11.0. The quantitative estimate of drug-likeness (QED) is 0.292. The molecule has 0 saturated heterocycles. The van der Waals surface area contributed by atoms with Gasteiger partial charge in [-0.3, -0.25) is 23.9 Å². The standard InChI is InChI=1S/C31H30ClN7O2/c1-19-24(15-22(32)17-35-19)30(40)36-23-10-8-20(9-11-23)18-38-26-6-2-3-7-27(26)39(31(38)41)28-13-12-25(37-29(28)33)21-5-4-14-34-16-21/h2-7,12-17,20,23H,8-11,18H2,1H3,(H2,33,37)(H,36,40)/t20-,23-. The van der Waals surface area contributed by atoms with Crippen molar-refractivity contribution in [2.45, 2.75) is 45.2 Å². The lowest BCUT2D eigenvalue weighted by Crippen LogP contribution is -2.39. The zero-order chi connectivity index (χ0) is 28.5. The summed E-state index contributed by atoms with van der Waals surface area (Å²) in [5.74, 6) is 0.428. The highest BCUT2D eigenvalue weighted by molar-refractivity contribution is 6.30. The molecular weight excluding hydrogens is 538 g/mol. The van der Waals surface area contributed by atoms with Crippen LogP contribution in [0.1, 0.15) is 41.7 Å². The van der Waals surface area contributed by atoms with E-state index >= 15 is 0 Å². The van der Waals surface area contributed by atoms with Crippen LogP contribution in [0.5, 0.6) is 0 Å². The van der Waals surface area contributed by atoms with Crippen molar-refractivity contribution >= 4 is 34.4 Å². The number of rotatable bonds is 6. The number of benzene rings is 1. The number of nitrogen functional groups attached to an aromatic ring is 1. The molecule has 208 valence electrons. The Kier molecular flexibility index (Phi) is 7.28. The minimum atomic E-state index is -0.152. The molecule has 1 saturated carbocycles. The van der Waals surface area contributed by atoms with Gasteiger partial charge in [0, 0.05) is 36.7 Å². The van der Waals surface area contributed by atoms with Gasteiger partial charge in [0.05, 0.1) is 38.7 Å². The number of nitrogens with one attached hydrogen (secondary N) is 1. The van der Waals surface area contributed by atoms with Gasteiger partial charge in [0.25, 0.3) is 5.91 Å². The SMILES string of the molecule is Cc1ncc(Cl)cc1C(=O)N[C@H]1CC[C@H](Cn2c(=O)n(-c3ccc(-c4cccnc4)nc3N)c3ccccc32)CC1. The van der Waals surface area contributed by atoms with Crippen LogP contribution in [0.15, 0.2) is 78.0 Å². The second-order valence-electron chi connectivity index (χ2n) is 10.5. The summed E-state index contributed by atoms with van der Waals surface area (Å²) in [7, 11) is 0. The lowest BCUT2D eigenvalue weighted by molar-refractivity contribution is 0.0919. The number of aryl methyl sites for hydroxylation is 1. The van der Waals surface area contributed by atoms with Gasteiger partial charge in [-0.2, -0.15) is 0 Å².